The van der Waals surface area contributed by atoms with Crippen molar-refractivity contribution in [1.82, 2.24) is 29.6 Å². The van der Waals surface area contributed by atoms with Crippen LogP contribution in [-0.2, 0) is 23.9 Å². The molecule has 0 unspecified atom stereocenters. The summed E-state index contributed by atoms with van der Waals surface area (Å²) in [6.07, 6.45) is 5.64. The lowest BCUT2D eigenvalue weighted by Gasteiger charge is -2.26. The molecule has 36 heavy (non-hydrogen) atoms. The summed E-state index contributed by atoms with van der Waals surface area (Å²) in [4.78, 5) is 27.1. The van der Waals surface area contributed by atoms with Crippen LogP contribution in [0.2, 0.25) is 0 Å². The van der Waals surface area contributed by atoms with E-state index in [4.69, 9.17) is 9.97 Å². The van der Waals surface area contributed by atoms with Gasteiger partial charge in [-0.1, -0.05) is 12.1 Å². The van der Waals surface area contributed by atoms with Crippen molar-refractivity contribution in [3.8, 4) is 5.82 Å². The van der Waals surface area contributed by atoms with Crippen LogP contribution in [0.25, 0.3) is 16.9 Å². The number of alkyl halides is 1. The Morgan fingerprint density at radius 1 is 1.14 bits per heavy atom. The Labute approximate surface area is 207 Å². The molecular formula is C27H28FN7O. The summed E-state index contributed by atoms with van der Waals surface area (Å²) in [5, 5.41) is 7.30. The molecule has 0 amide bonds. The second kappa shape index (κ2) is 7.70. The van der Waals surface area contributed by atoms with Crippen molar-refractivity contribution in [1.29, 1.82) is 0 Å². The van der Waals surface area contributed by atoms with Gasteiger partial charge in [0.2, 0.25) is 5.95 Å². The summed E-state index contributed by atoms with van der Waals surface area (Å²) in [6.45, 7) is 3.83. The van der Waals surface area contributed by atoms with E-state index in [1.807, 2.05) is 25.1 Å². The third-order valence-corrected chi connectivity index (χ3v) is 8.14. The predicted molar refractivity (Wildman–Crippen MR) is 136 cm³/mol. The molecule has 2 N–H and O–H groups in total. The van der Waals surface area contributed by atoms with E-state index in [0.717, 1.165) is 37.3 Å². The number of nitrogens with one attached hydrogen (secondary N) is 2. The minimum Gasteiger partial charge on any atom is -0.324 e. The van der Waals surface area contributed by atoms with Gasteiger partial charge in [-0.2, -0.15) is 4.98 Å². The van der Waals surface area contributed by atoms with Gasteiger partial charge in [0.05, 0.1) is 5.69 Å². The number of fused-ring (bicyclic) bond motifs is 3. The van der Waals surface area contributed by atoms with Gasteiger partial charge in [0.1, 0.15) is 12.1 Å². The van der Waals surface area contributed by atoms with Crippen molar-refractivity contribution in [2.75, 3.05) is 18.5 Å². The maximum Gasteiger partial charge on any atom is 0.278 e. The molecular weight excluding hydrogens is 457 g/mol. The van der Waals surface area contributed by atoms with Gasteiger partial charge < -0.3 is 10.6 Å². The summed E-state index contributed by atoms with van der Waals surface area (Å²) in [7, 11) is 0. The molecule has 1 aromatic carbocycles. The topological polar surface area (TPSA) is 89.7 Å². The number of pyridine rings is 1. The highest BCUT2D eigenvalue weighted by molar-refractivity contribution is 5.77. The van der Waals surface area contributed by atoms with E-state index in [2.05, 4.69) is 33.8 Å². The molecule has 2 saturated carbocycles. The molecule has 0 atom stereocenters. The predicted octanol–water partition coefficient (Wildman–Crippen LogP) is 3.88. The van der Waals surface area contributed by atoms with Gasteiger partial charge in [-0.25, -0.2) is 19.3 Å². The van der Waals surface area contributed by atoms with Crippen LogP contribution in [0.15, 0.2) is 47.4 Å². The van der Waals surface area contributed by atoms with Crippen LogP contribution in [0.4, 0.5) is 16.0 Å². The van der Waals surface area contributed by atoms with Crippen molar-refractivity contribution in [2.24, 2.45) is 0 Å². The SMILES string of the molecule is CCn1c(=O)c2cnc(Nc3ccc4c(c3)CNCC43CC3)nc2n1-c1cccc(C2(CF)CC2)n1. The van der Waals surface area contributed by atoms with Crippen LogP contribution in [0.1, 0.15) is 49.4 Å². The average molecular weight is 486 g/mol. The fourth-order valence-corrected chi connectivity index (χ4v) is 5.65. The molecule has 8 nitrogen and oxygen atoms in total. The van der Waals surface area contributed by atoms with Crippen LogP contribution in [0.3, 0.4) is 0 Å². The van der Waals surface area contributed by atoms with Crippen LogP contribution < -0.4 is 16.2 Å². The maximum absolute atomic E-state index is 13.7. The lowest BCUT2D eigenvalue weighted by atomic mass is 9.88. The zero-order valence-electron chi connectivity index (χ0n) is 20.2. The van der Waals surface area contributed by atoms with Crippen LogP contribution in [0, 0.1) is 0 Å². The number of anilines is 2. The number of benzene rings is 1. The van der Waals surface area contributed by atoms with E-state index < -0.39 is 12.1 Å². The minimum absolute atomic E-state index is 0.174. The molecule has 1 spiro atoms. The van der Waals surface area contributed by atoms with E-state index in [9.17, 15) is 9.18 Å². The summed E-state index contributed by atoms with van der Waals surface area (Å²) in [6, 6.07) is 12.0. The molecule has 0 radical (unpaired) electrons. The highest BCUT2D eigenvalue weighted by Crippen LogP contribution is 2.51. The average Bonchev–Trinajstić information content (AvgIpc) is 3.83. The molecule has 9 heteroatoms. The van der Waals surface area contributed by atoms with Gasteiger partial charge in [-0.05, 0) is 68.0 Å². The van der Waals surface area contributed by atoms with Gasteiger partial charge in [0, 0.05) is 42.3 Å². The van der Waals surface area contributed by atoms with Gasteiger partial charge >= 0.3 is 0 Å². The summed E-state index contributed by atoms with van der Waals surface area (Å²) in [5.74, 6) is 0.966. The van der Waals surface area contributed by atoms with Crippen LogP contribution >= 0.6 is 0 Å². The van der Waals surface area contributed by atoms with Crippen LogP contribution in [-0.4, -0.2) is 37.5 Å². The first-order valence-electron chi connectivity index (χ1n) is 12.7. The monoisotopic (exact) mass is 485 g/mol. The molecule has 0 bridgehead atoms. The van der Waals surface area contributed by atoms with E-state index in [1.54, 1.807) is 15.6 Å². The Morgan fingerprint density at radius 2 is 2.00 bits per heavy atom. The van der Waals surface area contributed by atoms with E-state index >= 15 is 0 Å². The fraction of sp³-hybridized carbons (Fsp3) is 0.407. The first kappa shape index (κ1) is 21.7. The summed E-state index contributed by atoms with van der Waals surface area (Å²) in [5.41, 5.74) is 4.53. The molecule has 3 aliphatic rings. The third kappa shape index (κ3) is 3.22. The van der Waals surface area contributed by atoms with E-state index in [-0.39, 0.29) is 5.56 Å². The molecule has 4 heterocycles. The van der Waals surface area contributed by atoms with Crippen LogP contribution in [0.5, 0.6) is 0 Å². The number of rotatable bonds is 6. The van der Waals surface area contributed by atoms with Crippen molar-refractivity contribution in [3.05, 3.63) is 69.8 Å². The Morgan fingerprint density at radius 3 is 2.75 bits per heavy atom. The standard InChI is InChI=1S/C27H28FN7O/c1-2-34-24(36)19-14-30-25(31-18-6-7-20-17(12-18)13-29-16-27(20)10-11-27)33-23(19)35(34)22-5-3-4-21(32-22)26(15-28)8-9-26/h3-7,12,14,29H,2,8-11,13,15-16H2,1H3,(H,30,31,33). The molecule has 3 aromatic heterocycles. The Hall–Kier alpha value is -3.59. The van der Waals surface area contributed by atoms with Crippen molar-refractivity contribution >= 4 is 22.7 Å². The molecule has 0 saturated heterocycles. The van der Waals surface area contributed by atoms with Crippen molar-refractivity contribution < 1.29 is 4.39 Å². The van der Waals surface area contributed by atoms with E-state index in [1.165, 1.54) is 24.0 Å². The highest BCUT2D eigenvalue weighted by atomic mass is 19.1. The lowest BCUT2D eigenvalue weighted by Crippen LogP contribution is -2.33. The number of aromatic nitrogens is 5. The first-order valence-corrected chi connectivity index (χ1v) is 12.7. The molecule has 4 aromatic rings. The second-order valence-electron chi connectivity index (χ2n) is 10.4. The van der Waals surface area contributed by atoms with E-state index in [0.29, 0.717) is 34.8 Å². The van der Waals surface area contributed by atoms with Gasteiger partial charge in [0.25, 0.3) is 5.56 Å². The first-order chi connectivity index (χ1) is 17.6. The van der Waals surface area contributed by atoms with Gasteiger partial charge in [-0.3, -0.25) is 9.18 Å². The zero-order valence-corrected chi connectivity index (χ0v) is 20.2. The molecule has 184 valence electrons. The highest BCUT2D eigenvalue weighted by Gasteiger charge is 2.47. The lowest BCUT2D eigenvalue weighted by molar-refractivity contribution is 0.411. The summed E-state index contributed by atoms with van der Waals surface area (Å²) < 4.78 is 17.1. The summed E-state index contributed by atoms with van der Waals surface area (Å²) >= 11 is 0. The number of nitrogens with zero attached hydrogens (tertiary/aromatic N) is 5. The molecule has 7 rings (SSSR count). The van der Waals surface area contributed by atoms with Crippen molar-refractivity contribution in [3.63, 3.8) is 0 Å². The largest absolute Gasteiger partial charge is 0.324 e. The van der Waals surface area contributed by atoms with Crippen molar-refractivity contribution in [2.45, 2.75) is 56.5 Å². The fourth-order valence-electron chi connectivity index (χ4n) is 5.65. The quantitative estimate of drug-likeness (QED) is 0.431. The van der Waals surface area contributed by atoms with Gasteiger partial charge in [0.15, 0.2) is 11.5 Å². The smallest absolute Gasteiger partial charge is 0.278 e. The Bertz CT molecular complexity index is 1560. The Balaban J connectivity index is 1.29. The maximum atomic E-state index is 13.7. The number of halogens is 1. The second-order valence-corrected chi connectivity index (χ2v) is 10.4. The van der Waals surface area contributed by atoms with Gasteiger partial charge in [-0.15, -0.1) is 0 Å². The molecule has 1 aliphatic heterocycles. The molecule has 2 aliphatic carbocycles. The third-order valence-electron chi connectivity index (χ3n) is 8.14. The normalized spacial score (nSPS) is 18.8. The number of hydrogen-bond acceptors (Lipinski definition) is 6. The molecule has 2 fully saturated rings. The zero-order chi connectivity index (χ0) is 24.5. The Kier molecular flexibility index (Phi) is 4.64. The number of hydrogen-bond donors (Lipinski definition) is 2. The minimum atomic E-state index is -0.488.